The minimum atomic E-state index is -0.131. The monoisotopic (exact) mass is 329 g/mol. The lowest BCUT2D eigenvalue weighted by Crippen LogP contribution is -2.30. The van der Waals surface area contributed by atoms with Gasteiger partial charge in [0.25, 0.3) is 0 Å². The van der Waals surface area contributed by atoms with Crippen LogP contribution in [0.15, 0.2) is 47.4 Å². The molecule has 2 rings (SSSR count). The molecule has 2 aromatic carbocycles. The van der Waals surface area contributed by atoms with Crippen molar-refractivity contribution in [3.8, 4) is 5.75 Å². The van der Waals surface area contributed by atoms with E-state index in [2.05, 4.69) is 37.4 Å². The molecule has 0 spiro atoms. The van der Waals surface area contributed by atoms with E-state index in [-0.39, 0.29) is 11.2 Å². The van der Waals surface area contributed by atoms with Gasteiger partial charge in [0.05, 0.1) is 12.4 Å². The Morgan fingerprint density at radius 3 is 2.52 bits per heavy atom. The highest BCUT2D eigenvalue weighted by Gasteiger charge is 2.15. The fourth-order valence-electron chi connectivity index (χ4n) is 2.15. The Kier molecular flexibility index (Phi) is 6.11. The summed E-state index contributed by atoms with van der Waals surface area (Å²) < 4.78 is 5.13. The first kappa shape index (κ1) is 17.4. The van der Waals surface area contributed by atoms with Crippen molar-refractivity contribution in [2.75, 3.05) is 7.11 Å². The average molecular weight is 329 g/mol. The van der Waals surface area contributed by atoms with Crippen molar-refractivity contribution in [2.24, 2.45) is 0 Å². The smallest absolute Gasteiger partial charge is 0.233 e. The standard InChI is InChI=1S/C19H23NO2S/c1-13-5-6-14(2)18(11-13)23-15(3)19(21)20-12-16-7-9-17(22-4)10-8-16/h5-11,15H,12H2,1-4H3,(H,20,21)/t15-/m0/s1. The lowest BCUT2D eigenvalue weighted by Gasteiger charge is -2.14. The maximum absolute atomic E-state index is 12.3. The number of hydrogen-bond acceptors (Lipinski definition) is 3. The molecular formula is C19H23NO2S. The second kappa shape index (κ2) is 8.06. The van der Waals surface area contributed by atoms with Crippen LogP contribution in [0, 0.1) is 13.8 Å². The molecule has 0 saturated carbocycles. The molecule has 4 heteroatoms. The Hall–Kier alpha value is -1.94. The topological polar surface area (TPSA) is 38.3 Å². The van der Waals surface area contributed by atoms with Gasteiger partial charge < -0.3 is 10.1 Å². The molecule has 23 heavy (non-hydrogen) atoms. The molecule has 0 aliphatic carbocycles. The van der Waals surface area contributed by atoms with Crippen LogP contribution in [0.1, 0.15) is 23.6 Å². The van der Waals surface area contributed by atoms with Crippen molar-refractivity contribution in [1.29, 1.82) is 0 Å². The van der Waals surface area contributed by atoms with E-state index in [0.717, 1.165) is 16.2 Å². The summed E-state index contributed by atoms with van der Waals surface area (Å²) in [5.74, 6) is 0.866. The van der Waals surface area contributed by atoms with Crippen LogP contribution in [0.3, 0.4) is 0 Å². The minimum absolute atomic E-state index is 0.0479. The number of rotatable bonds is 6. The third-order valence-electron chi connectivity index (χ3n) is 3.64. The van der Waals surface area contributed by atoms with E-state index < -0.39 is 0 Å². The van der Waals surface area contributed by atoms with E-state index in [9.17, 15) is 4.79 Å². The van der Waals surface area contributed by atoms with Crippen LogP contribution in [0.4, 0.5) is 0 Å². The SMILES string of the molecule is COc1ccc(CNC(=O)[C@H](C)Sc2cc(C)ccc2C)cc1. The fraction of sp³-hybridized carbons (Fsp3) is 0.316. The van der Waals surface area contributed by atoms with Crippen LogP contribution >= 0.6 is 11.8 Å². The number of hydrogen-bond donors (Lipinski definition) is 1. The highest BCUT2D eigenvalue weighted by molar-refractivity contribution is 8.00. The van der Waals surface area contributed by atoms with Crippen molar-refractivity contribution >= 4 is 17.7 Å². The zero-order valence-electron chi connectivity index (χ0n) is 14.1. The largest absolute Gasteiger partial charge is 0.497 e. The molecule has 0 aliphatic rings. The van der Waals surface area contributed by atoms with Gasteiger partial charge in [-0.15, -0.1) is 11.8 Å². The van der Waals surface area contributed by atoms with E-state index in [4.69, 9.17) is 4.74 Å². The van der Waals surface area contributed by atoms with E-state index in [1.54, 1.807) is 18.9 Å². The summed E-state index contributed by atoms with van der Waals surface area (Å²) in [5.41, 5.74) is 3.47. The zero-order valence-corrected chi connectivity index (χ0v) is 14.9. The van der Waals surface area contributed by atoms with E-state index in [0.29, 0.717) is 6.54 Å². The quantitative estimate of drug-likeness (QED) is 0.811. The number of methoxy groups -OCH3 is 1. The van der Waals surface area contributed by atoms with Gasteiger partial charge in [0, 0.05) is 11.4 Å². The molecule has 1 N–H and O–H groups in total. The Morgan fingerprint density at radius 1 is 1.17 bits per heavy atom. The molecule has 0 fully saturated rings. The number of nitrogens with one attached hydrogen (secondary N) is 1. The van der Waals surface area contributed by atoms with Crippen molar-refractivity contribution in [1.82, 2.24) is 5.32 Å². The van der Waals surface area contributed by atoms with E-state index in [1.807, 2.05) is 31.2 Å². The number of amides is 1. The van der Waals surface area contributed by atoms with Gasteiger partial charge in [0.2, 0.25) is 5.91 Å². The van der Waals surface area contributed by atoms with Crippen LogP contribution in [-0.2, 0) is 11.3 Å². The number of ether oxygens (including phenoxy) is 1. The first-order valence-electron chi connectivity index (χ1n) is 7.64. The Labute approximate surface area is 142 Å². The third kappa shape index (κ3) is 5.03. The van der Waals surface area contributed by atoms with Crippen LogP contribution in [0.5, 0.6) is 5.75 Å². The van der Waals surface area contributed by atoms with Crippen molar-refractivity contribution in [3.63, 3.8) is 0 Å². The predicted molar refractivity (Wildman–Crippen MR) is 96.1 cm³/mol. The zero-order chi connectivity index (χ0) is 16.8. The Morgan fingerprint density at radius 2 is 1.87 bits per heavy atom. The van der Waals surface area contributed by atoms with Gasteiger partial charge in [0.15, 0.2) is 0 Å². The van der Waals surface area contributed by atoms with Gasteiger partial charge in [0.1, 0.15) is 5.75 Å². The molecular weight excluding hydrogens is 306 g/mol. The van der Waals surface area contributed by atoms with Gasteiger partial charge in [-0.1, -0.05) is 29.8 Å². The third-order valence-corrected chi connectivity index (χ3v) is 4.90. The van der Waals surface area contributed by atoms with Gasteiger partial charge in [-0.05, 0) is 50.1 Å². The second-order valence-corrected chi connectivity index (χ2v) is 6.98. The van der Waals surface area contributed by atoms with Crippen LogP contribution < -0.4 is 10.1 Å². The molecule has 3 nitrogen and oxygen atoms in total. The number of benzene rings is 2. The van der Waals surface area contributed by atoms with E-state index in [1.165, 1.54) is 11.1 Å². The lowest BCUT2D eigenvalue weighted by atomic mass is 10.2. The summed E-state index contributed by atoms with van der Waals surface area (Å²) in [6, 6.07) is 14.0. The normalized spacial score (nSPS) is 11.8. The van der Waals surface area contributed by atoms with Crippen LogP contribution in [0.2, 0.25) is 0 Å². The molecule has 122 valence electrons. The molecule has 0 bridgehead atoms. The fourth-order valence-corrected chi connectivity index (χ4v) is 3.23. The number of thioether (sulfide) groups is 1. The Bertz CT molecular complexity index is 668. The first-order chi connectivity index (χ1) is 11.0. The van der Waals surface area contributed by atoms with Crippen molar-refractivity contribution in [3.05, 3.63) is 59.2 Å². The molecule has 1 atom stereocenters. The van der Waals surface area contributed by atoms with Gasteiger partial charge in [-0.2, -0.15) is 0 Å². The maximum Gasteiger partial charge on any atom is 0.233 e. The highest BCUT2D eigenvalue weighted by Crippen LogP contribution is 2.27. The minimum Gasteiger partial charge on any atom is -0.497 e. The number of carbonyl (C=O) groups excluding carboxylic acids is 1. The second-order valence-electron chi connectivity index (χ2n) is 5.59. The summed E-state index contributed by atoms with van der Waals surface area (Å²) in [5, 5.41) is 2.86. The number of aryl methyl sites for hydroxylation is 2. The molecule has 0 heterocycles. The summed E-state index contributed by atoms with van der Waals surface area (Å²) >= 11 is 1.60. The van der Waals surface area contributed by atoms with Gasteiger partial charge in [-0.25, -0.2) is 0 Å². The molecule has 0 unspecified atom stereocenters. The van der Waals surface area contributed by atoms with Gasteiger partial charge >= 0.3 is 0 Å². The first-order valence-corrected chi connectivity index (χ1v) is 8.52. The summed E-state index contributed by atoms with van der Waals surface area (Å²) in [7, 11) is 1.64. The molecule has 1 amide bonds. The summed E-state index contributed by atoms with van der Waals surface area (Å²) in [4.78, 5) is 13.4. The van der Waals surface area contributed by atoms with Gasteiger partial charge in [-0.3, -0.25) is 4.79 Å². The molecule has 2 aromatic rings. The highest BCUT2D eigenvalue weighted by atomic mass is 32.2. The maximum atomic E-state index is 12.3. The molecule has 0 aromatic heterocycles. The lowest BCUT2D eigenvalue weighted by molar-refractivity contribution is -0.120. The molecule has 0 aliphatic heterocycles. The average Bonchev–Trinajstić information content (AvgIpc) is 2.56. The molecule has 0 radical (unpaired) electrons. The van der Waals surface area contributed by atoms with Crippen LogP contribution in [0.25, 0.3) is 0 Å². The summed E-state index contributed by atoms with van der Waals surface area (Å²) in [6.07, 6.45) is 0. The molecule has 0 saturated heterocycles. The van der Waals surface area contributed by atoms with Crippen LogP contribution in [-0.4, -0.2) is 18.3 Å². The van der Waals surface area contributed by atoms with E-state index >= 15 is 0 Å². The predicted octanol–water partition coefficient (Wildman–Crippen LogP) is 4.11. The Balaban J connectivity index is 1.90. The van der Waals surface area contributed by atoms with Crippen molar-refractivity contribution in [2.45, 2.75) is 37.5 Å². The summed E-state index contributed by atoms with van der Waals surface area (Å²) in [6.45, 7) is 6.61. The number of carbonyl (C=O) groups is 1. The van der Waals surface area contributed by atoms with Crippen molar-refractivity contribution < 1.29 is 9.53 Å².